The van der Waals surface area contributed by atoms with Gasteiger partial charge in [0.25, 0.3) is 11.5 Å². The maximum atomic E-state index is 11.9. The topological polar surface area (TPSA) is 74.8 Å². The van der Waals surface area contributed by atoms with Crippen LogP contribution in [0.25, 0.3) is 0 Å². The molecule has 0 bridgehead atoms. The van der Waals surface area contributed by atoms with Crippen LogP contribution in [-0.2, 0) is 0 Å². The highest BCUT2D eigenvalue weighted by molar-refractivity contribution is 6.03. The number of carbonyl (C=O) groups excluding carboxylic acids is 1. The molecule has 1 amide bonds. The molecule has 18 heavy (non-hydrogen) atoms. The molecule has 5 heteroatoms. The molecule has 92 valence electrons. The molecule has 1 aromatic carbocycles. The Hall–Kier alpha value is -2.43. The van der Waals surface area contributed by atoms with Gasteiger partial charge in [-0.3, -0.25) is 9.59 Å². The first-order chi connectivity index (χ1) is 8.56. The van der Waals surface area contributed by atoms with Gasteiger partial charge in [-0.05, 0) is 25.5 Å². The Bertz CT molecular complexity index is 626. The van der Waals surface area contributed by atoms with Crippen LogP contribution < -0.4 is 10.9 Å². The summed E-state index contributed by atoms with van der Waals surface area (Å²) in [6.45, 7) is 3.91. The number of aromatic nitrogens is 2. The van der Waals surface area contributed by atoms with E-state index in [4.69, 9.17) is 0 Å². The zero-order valence-electron chi connectivity index (χ0n) is 10.2. The summed E-state index contributed by atoms with van der Waals surface area (Å²) in [6.07, 6.45) is 2.37. The van der Waals surface area contributed by atoms with E-state index >= 15 is 0 Å². The van der Waals surface area contributed by atoms with E-state index in [0.717, 1.165) is 23.0 Å². The molecule has 0 radical (unpaired) electrons. The Kier molecular flexibility index (Phi) is 3.23. The number of rotatable bonds is 2. The van der Waals surface area contributed by atoms with Crippen LogP contribution in [0.5, 0.6) is 0 Å². The predicted octanol–water partition coefficient (Wildman–Crippen LogP) is 1.64. The van der Waals surface area contributed by atoms with Crippen molar-refractivity contribution in [3.05, 3.63) is 57.8 Å². The Morgan fingerprint density at radius 1 is 1.33 bits per heavy atom. The van der Waals surface area contributed by atoms with Crippen LogP contribution in [0.4, 0.5) is 5.69 Å². The molecular formula is C13H13N3O2. The first-order valence-corrected chi connectivity index (χ1v) is 5.49. The van der Waals surface area contributed by atoms with Gasteiger partial charge in [-0.15, -0.1) is 0 Å². The zero-order chi connectivity index (χ0) is 13.1. The molecule has 1 heterocycles. The second-order valence-electron chi connectivity index (χ2n) is 4.07. The number of aryl methyl sites for hydroxylation is 2. The van der Waals surface area contributed by atoms with Crippen molar-refractivity contribution in [1.29, 1.82) is 0 Å². The maximum absolute atomic E-state index is 11.9. The summed E-state index contributed by atoms with van der Waals surface area (Å²) in [5.41, 5.74) is 2.69. The number of hydrogen-bond acceptors (Lipinski definition) is 3. The number of nitrogens with zero attached hydrogens (tertiary/aromatic N) is 1. The highest BCUT2D eigenvalue weighted by atomic mass is 16.2. The van der Waals surface area contributed by atoms with Crippen LogP contribution in [0.15, 0.2) is 35.4 Å². The van der Waals surface area contributed by atoms with Crippen LogP contribution in [0.1, 0.15) is 21.6 Å². The van der Waals surface area contributed by atoms with E-state index in [1.165, 1.54) is 6.20 Å². The third-order valence-electron chi connectivity index (χ3n) is 2.53. The molecule has 1 aromatic heterocycles. The van der Waals surface area contributed by atoms with E-state index in [2.05, 4.69) is 15.3 Å². The fourth-order valence-corrected chi connectivity index (χ4v) is 1.61. The largest absolute Gasteiger partial charge is 0.325 e. The molecule has 0 aliphatic heterocycles. The lowest BCUT2D eigenvalue weighted by Crippen LogP contribution is -2.17. The first-order valence-electron chi connectivity index (χ1n) is 5.49. The maximum Gasteiger partial charge on any atom is 0.275 e. The summed E-state index contributed by atoms with van der Waals surface area (Å²) < 4.78 is 0. The van der Waals surface area contributed by atoms with Gasteiger partial charge in [0.1, 0.15) is 5.69 Å². The minimum atomic E-state index is -0.349. The fraction of sp³-hybridized carbons (Fsp3) is 0.154. The summed E-state index contributed by atoms with van der Waals surface area (Å²) in [4.78, 5) is 28.9. The van der Waals surface area contributed by atoms with E-state index in [-0.39, 0.29) is 17.2 Å². The third-order valence-corrected chi connectivity index (χ3v) is 2.53. The van der Waals surface area contributed by atoms with Crippen LogP contribution in [0.2, 0.25) is 0 Å². The van der Waals surface area contributed by atoms with Gasteiger partial charge in [0.2, 0.25) is 0 Å². The molecule has 5 nitrogen and oxygen atoms in total. The van der Waals surface area contributed by atoms with Gasteiger partial charge in [0.15, 0.2) is 0 Å². The van der Waals surface area contributed by atoms with Gasteiger partial charge in [0, 0.05) is 11.9 Å². The van der Waals surface area contributed by atoms with Crippen molar-refractivity contribution in [3.8, 4) is 0 Å². The highest BCUT2D eigenvalue weighted by Gasteiger charge is 2.08. The monoisotopic (exact) mass is 243 g/mol. The lowest BCUT2D eigenvalue weighted by atomic mass is 10.1. The second-order valence-corrected chi connectivity index (χ2v) is 4.07. The van der Waals surface area contributed by atoms with E-state index in [9.17, 15) is 9.59 Å². The van der Waals surface area contributed by atoms with Gasteiger partial charge >= 0.3 is 0 Å². The van der Waals surface area contributed by atoms with E-state index in [1.807, 2.05) is 32.0 Å². The molecule has 2 aromatic rings. The van der Waals surface area contributed by atoms with Crippen molar-refractivity contribution >= 4 is 11.6 Å². The van der Waals surface area contributed by atoms with Crippen molar-refractivity contribution < 1.29 is 4.79 Å². The molecule has 0 saturated carbocycles. The number of aromatic amines is 1. The molecule has 0 unspecified atom stereocenters. The average Bonchev–Trinajstić information content (AvgIpc) is 2.33. The van der Waals surface area contributed by atoms with E-state index < -0.39 is 0 Å². The van der Waals surface area contributed by atoms with Gasteiger partial charge < -0.3 is 10.3 Å². The van der Waals surface area contributed by atoms with Crippen molar-refractivity contribution in [2.45, 2.75) is 13.8 Å². The van der Waals surface area contributed by atoms with E-state index in [0.29, 0.717) is 0 Å². The Labute approximate surface area is 104 Å². The summed E-state index contributed by atoms with van der Waals surface area (Å²) in [5.74, 6) is -0.349. The lowest BCUT2D eigenvalue weighted by Gasteiger charge is -2.08. The molecule has 0 aliphatic rings. The third kappa shape index (κ3) is 2.63. The molecule has 0 atom stereocenters. The summed E-state index contributed by atoms with van der Waals surface area (Å²) in [5, 5.41) is 2.75. The summed E-state index contributed by atoms with van der Waals surface area (Å²) >= 11 is 0. The van der Waals surface area contributed by atoms with E-state index in [1.54, 1.807) is 0 Å². The number of amides is 1. The molecule has 0 saturated heterocycles. The van der Waals surface area contributed by atoms with Crippen LogP contribution >= 0.6 is 0 Å². The minimum absolute atomic E-state index is 0.176. The lowest BCUT2D eigenvalue weighted by molar-refractivity contribution is 0.102. The Balaban J connectivity index is 2.21. The fourth-order valence-electron chi connectivity index (χ4n) is 1.61. The molecule has 0 fully saturated rings. The normalized spacial score (nSPS) is 10.1. The van der Waals surface area contributed by atoms with Gasteiger partial charge in [-0.1, -0.05) is 17.7 Å². The SMILES string of the molecule is Cc1ccc(NC(=O)c2c[nH]c(=O)cn2)c(C)c1. The quantitative estimate of drug-likeness (QED) is 0.842. The van der Waals surface area contributed by atoms with Crippen LogP contribution in [-0.4, -0.2) is 15.9 Å². The van der Waals surface area contributed by atoms with Crippen molar-refractivity contribution in [3.63, 3.8) is 0 Å². The van der Waals surface area contributed by atoms with Crippen LogP contribution in [0, 0.1) is 13.8 Å². The predicted molar refractivity (Wildman–Crippen MR) is 68.7 cm³/mol. The van der Waals surface area contributed by atoms with Crippen molar-refractivity contribution in [1.82, 2.24) is 9.97 Å². The molecular weight excluding hydrogens is 230 g/mol. The second kappa shape index (κ2) is 4.83. The van der Waals surface area contributed by atoms with Gasteiger partial charge in [-0.2, -0.15) is 0 Å². The van der Waals surface area contributed by atoms with Gasteiger partial charge in [0.05, 0.1) is 6.20 Å². The minimum Gasteiger partial charge on any atom is -0.325 e. The number of nitrogens with one attached hydrogen (secondary N) is 2. The number of carbonyl (C=O) groups is 1. The highest BCUT2D eigenvalue weighted by Crippen LogP contribution is 2.16. The molecule has 2 N–H and O–H groups in total. The molecule has 0 aliphatic carbocycles. The number of benzene rings is 1. The summed E-state index contributed by atoms with van der Waals surface area (Å²) in [6, 6.07) is 5.74. The first kappa shape index (κ1) is 12.0. The average molecular weight is 243 g/mol. The zero-order valence-corrected chi connectivity index (χ0v) is 10.2. The Morgan fingerprint density at radius 2 is 2.11 bits per heavy atom. The molecule has 2 rings (SSSR count). The standard InChI is InChI=1S/C13H13N3O2/c1-8-3-4-10(9(2)5-8)16-13(18)11-6-15-12(17)7-14-11/h3-7H,1-2H3,(H,15,17)(H,16,18). The summed E-state index contributed by atoms with van der Waals surface area (Å²) in [7, 11) is 0. The smallest absolute Gasteiger partial charge is 0.275 e. The van der Waals surface area contributed by atoms with Crippen molar-refractivity contribution in [2.75, 3.05) is 5.32 Å². The number of hydrogen-bond donors (Lipinski definition) is 2. The number of H-pyrrole nitrogens is 1. The Morgan fingerprint density at radius 3 is 2.72 bits per heavy atom. The van der Waals surface area contributed by atoms with Crippen molar-refractivity contribution in [2.24, 2.45) is 0 Å². The van der Waals surface area contributed by atoms with Crippen LogP contribution in [0.3, 0.4) is 0 Å². The molecule has 0 spiro atoms. The number of anilines is 1. The van der Waals surface area contributed by atoms with Gasteiger partial charge in [-0.25, -0.2) is 4.98 Å².